The zero-order valence-electron chi connectivity index (χ0n) is 13.1. The van der Waals surface area contributed by atoms with E-state index in [1.165, 1.54) is 0 Å². The van der Waals surface area contributed by atoms with Gasteiger partial charge >= 0.3 is 0 Å². The van der Waals surface area contributed by atoms with Crippen molar-refractivity contribution in [3.63, 3.8) is 0 Å². The Hall–Kier alpha value is -1.96. The molecule has 2 fully saturated rings. The Morgan fingerprint density at radius 3 is 2.71 bits per heavy atom. The van der Waals surface area contributed by atoms with Crippen molar-refractivity contribution >= 4 is 29.1 Å². The van der Waals surface area contributed by atoms with Gasteiger partial charge in [-0.1, -0.05) is 17.7 Å². The number of halogens is 1. The minimum absolute atomic E-state index is 0.390. The lowest BCUT2D eigenvalue weighted by Crippen LogP contribution is -2.45. The normalized spacial score (nSPS) is 19.6. The monoisotopic (exact) mass is 347 g/mol. The molecule has 0 radical (unpaired) electrons. The molecule has 1 aromatic carbocycles. The fourth-order valence-electron chi connectivity index (χ4n) is 3.06. The summed E-state index contributed by atoms with van der Waals surface area (Å²) in [5, 5.41) is 11.9. The van der Waals surface area contributed by atoms with Crippen molar-refractivity contribution in [3.05, 3.63) is 35.5 Å². The van der Waals surface area contributed by atoms with Crippen LogP contribution in [-0.2, 0) is 9.47 Å². The van der Waals surface area contributed by atoms with E-state index in [4.69, 9.17) is 21.1 Å². The molecule has 1 N–H and O–H groups in total. The van der Waals surface area contributed by atoms with Gasteiger partial charge in [-0.25, -0.2) is 0 Å². The van der Waals surface area contributed by atoms with Crippen LogP contribution >= 0.6 is 11.6 Å². The smallest absolute Gasteiger partial charge is 0.249 e. The van der Waals surface area contributed by atoms with Crippen molar-refractivity contribution < 1.29 is 9.47 Å². The molecule has 0 amide bonds. The average molecular weight is 348 g/mol. The minimum Gasteiger partial charge on any atom is -0.355 e. The fourth-order valence-corrected chi connectivity index (χ4v) is 3.25. The molecule has 1 spiro atoms. The molecule has 126 valence electrons. The number of hydrogen-bond acceptors (Lipinski definition) is 7. The number of piperidine rings is 1. The Bertz CT molecular complexity index is 713. The molecule has 0 saturated carbocycles. The maximum atomic E-state index is 6.00. The van der Waals surface area contributed by atoms with E-state index in [2.05, 4.69) is 25.4 Å². The van der Waals surface area contributed by atoms with Crippen LogP contribution in [-0.4, -0.2) is 47.3 Å². The van der Waals surface area contributed by atoms with Crippen molar-refractivity contribution in [1.29, 1.82) is 0 Å². The maximum absolute atomic E-state index is 6.00. The molecule has 7 nitrogen and oxygen atoms in total. The largest absolute Gasteiger partial charge is 0.355 e. The van der Waals surface area contributed by atoms with Gasteiger partial charge in [0, 0.05) is 36.6 Å². The predicted molar refractivity (Wildman–Crippen MR) is 90.6 cm³/mol. The van der Waals surface area contributed by atoms with E-state index in [9.17, 15) is 0 Å². The highest BCUT2D eigenvalue weighted by molar-refractivity contribution is 6.30. The molecule has 0 aliphatic carbocycles. The zero-order chi connectivity index (χ0) is 16.4. The van der Waals surface area contributed by atoms with Crippen LogP contribution in [0.1, 0.15) is 12.8 Å². The Balaban J connectivity index is 1.45. The Kier molecular flexibility index (Phi) is 4.22. The topological polar surface area (TPSA) is 72.4 Å². The summed E-state index contributed by atoms with van der Waals surface area (Å²) in [6.07, 6.45) is 3.33. The molecular weight excluding hydrogens is 330 g/mol. The molecule has 3 heterocycles. The highest BCUT2D eigenvalue weighted by Gasteiger charge is 2.40. The molecule has 8 heteroatoms. The summed E-state index contributed by atoms with van der Waals surface area (Å²) in [6, 6.07) is 7.41. The van der Waals surface area contributed by atoms with Gasteiger partial charge in [0.25, 0.3) is 0 Å². The number of hydrogen-bond donors (Lipinski definition) is 1. The average Bonchev–Trinajstić information content (AvgIpc) is 3.04. The molecule has 4 rings (SSSR count). The molecule has 2 saturated heterocycles. The third-order valence-corrected chi connectivity index (χ3v) is 4.52. The van der Waals surface area contributed by atoms with Crippen LogP contribution < -0.4 is 10.2 Å². The summed E-state index contributed by atoms with van der Waals surface area (Å²) in [5.41, 5.74) is 0.826. The number of rotatable bonds is 3. The molecular formula is C16H18ClN5O2. The molecule has 2 aliphatic heterocycles. The third-order valence-electron chi connectivity index (χ3n) is 4.29. The second-order valence-electron chi connectivity index (χ2n) is 5.87. The van der Waals surface area contributed by atoms with Gasteiger partial charge < -0.3 is 19.7 Å². The maximum Gasteiger partial charge on any atom is 0.249 e. The predicted octanol–water partition coefficient (Wildman–Crippen LogP) is 2.61. The number of nitrogens with one attached hydrogen (secondary N) is 1. The van der Waals surface area contributed by atoms with Gasteiger partial charge in [0.2, 0.25) is 5.95 Å². The summed E-state index contributed by atoms with van der Waals surface area (Å²) in [5.74, 6) is 0.851. The molecule has 24 heavy (non-hydrogen) atoms. The van der Waals surface area contributed by atoms with Crippen LogP contribution in [0.3, 0.4) is 0 Å². The van der Waals surface area contributed by atoms with E-state index < -0.39 is 5.79 Å². The first kappa shape index (κ1) is 15.6. The van der Waals surface area contributed by atoms with E-state index in [0.717, 1.165) is 37.4 Å². The Morgan fingerprint density at radius 1 is 1.17 bits per heavy atom. The lowest BCUT2D eigenvalue weighted by molar-refractivity contribution is -0.169. The van der Waals surface area contributed by atoms with Crippen molar-refractivity contribution in [3.8, 4) is 0 Å². The summed E-state index contributed by atoms with van der Waals surface area (Å²) in [4.78, 5) is 6.73. The molecule has 0 bridgehead atoms. The number of anilines is 3. The second-order valence-corrected chi connectivity index (χ2v) is 6.30. The van der Waals surface area contributed by atoms with Crippen LogP contribution in [0.25, 0.3) is 0 Å². The number of benzene rings is 1. The van der Waals surface area contributed by atoms with Crippen LogP contribution in [0, 0.1) is 0 Å². The summed E-state index contributed by atoms with van der Waals surface area (Å²) < 4.78 is 11.5. The number of nitrogens with zero attached hydrogens (tertiary/aromatic N) is 4. The minimum atomic E-state index is -0.390. The highest BCUT2D eigenvalue weighted by atomic mass is 35.5. The van der Waals surface area contributed by atoms with Gasteiger partial charge in [0.05, 0.1) is 19.4 Å². The van der Waals surface area contributed by atoms with Gasteiger partial charge in [-0.2, -0.15) is 10.1 Å². The first-order chi connectivity index (χ1) is 11.7. The van der Waals surface area contributed by atoms with E-state index in [-0.39, 0.29) is 0 Å². The van der Waals surface area contributed by atoms with Gasteiger partial charge in [-0.3, -0.25) is 0 Å². The molecule has 0 atom stereocenters. The lowest BCUT2D eigenvalue weighted by Gasteiger charge is -2.37. The highest BCUT2D eigenvalue weighted by Crippen LogP contribution is 2.32. The zero-order valence-corrected chi connectivity index (χ0v) is 13.9. The lowest BCUT2D eigenvalue weighted by atomic mass is 10.0. The van der Waals surface area contributed by atoms with E-state index >= 15 is 0 Å². The van der Waals surface area contributed by atoms with E-state index in [1.807, 2.05) is 24.3 Å². The number of ether oxygens (including phenoxy) is 2. The van der Waals surface area contributed by atoms with Gasteiger partial charge in [0.15, 0.2) is 11.6 Å². The van der Waals surface area contributed by atoms with E-state index in [1.54, 1.807) is 6.20 Å². The molecule has 1 aromatic heterocycles. The molecule has 0 unspecified atom stereocenters. The summed E-state index contributed by atoms with van der Waals surface area (Å²) >= 11 is 6.00. The van der Waals surface area contributed by atoms with Crippen molar-refractivity contribution in [1.82, 2.24) is 15.2 Å². The standard InChI is InChI=1S/C16H18ClN5O2/c17-12-2-1-3-13(10-12)19-15-20-14(11-18-21-15)22-6-4-16(5-7-22)23-8-9-24-16/h1-3,10-11H,4-9H2,(H,19,20,21). The van der Waals surface area contributed by atoms with Gasteiger partial charge in [-0.05, 0) is 18.2 Å². The van der Waals surface area contributed by atoms with Crippen LogP contribution in [0.15, 0.2) is 30.5 Å². The quantitative estimate of drug-likeness (QED) is 0.914. The molecule has 2 aliphatic rings. The van der Waals surface area contributed by atoms with Crippen molar-refractivity contribution in [2.75, 3.05) is 36.5 Å². The van der Waals surface area contributed by atoms with Crippen molar-refractivity contribution in [2.45, 2.75) is 18.6 Å². The summed E-state index contributed by atoms with van der Waals surface area (Å²) in [6.45, 7) is 3.00. The molecule has 2 aromatic rings. The van der Waals surface area contributed by atoms with E-state index in [0.29, 0.717) is 24.2 Å². The van der Waals surface area contributed by atoms with Crippen LogP contribution in [0.2, 0.25) is 5.02 Å². The number of aromatic nitrogens is 3. The third kappa shape index (κ3) is 3.28. The fraction of sp³-hybridized carbons (Fsp3) is 0.438. The second kappa shape index (κ2) is 6.51. The van der Waals surface area contributed by atoms with Crippen molar-refractivity contribution in [2.24, 2.45) is 0 Å². The first-order valence-electron chi connectivity index (χ1n) is 7.98. The SMILES string of the molecule is Clc1cccc(Nc2nncc(N3CCC4(CC3)OCCO4)n2)c1. The van der Waals surface area contributed by atoms with Gasteiger partial charge in [0.1, 0.15) is 0 Å². The van der Waals surface area contributed by atoms with Crippen LogP contribution in [0.4, 0.5) is 17.5 Å². The first-order valence-corrected chi connectivity index (χ1v) is 8.35. The summed E-state index contributed by atoms with van der Waals surface area (Å²) in [7, 11) is 0. The van der Waals surface area contributed by atoms with Crippen LogP contribution in [0.5, 0.6) is 0 Å². The Labute approximate surface area is 144 Å². The van der Waals surface area contributed by atoms with Gasteiger partial charge in [-0.15, -0.1) is 5.10 Å². The Morgan fingerprint density at radius 2 is 1.96 bits per heavy atom.